The second-order valence-corrected chi connectivity index (χ2v) is 7.89. The zero-order valence-electron chi connectivity index (χ0n) is 17.5. The van der Waals surface area contributed by atoms with Crippen LogP contribution in [0.1, 0.15) is 22.3 Å². The van der Waals surface area contributed by atoms with Gasteiger partial charge in [-0.3, -0.25) is 9.97 Å². The van der Waals surface area contributed by atoms with Crippen LogP contribution in [0.3, 0.4) is 0 Å². The minimum Gasteiger partial charge on any atom is -0.252 e. The Morgan fingerprint density at radius 3 is 1.38 bits per heavy atom. The Morgan fingerprint density at radius 1 is 0.471 bits per heavy atom. The molecular formula is C28H10N6. The van der Waals surface area contributed by atoms with Crippen molar-refractivity contribution in [3.8, 4) is 24.3 Å². The summed E-state index contributed by atoms with van der Waals surface area (Å²) in [4.78, 5) is 9.20. The van der Waals surface area contributed by atoms with Gasteiger partial charge < -0.3 is 0 Å². The molecule has 0 bridgehead atoms. The molecule has 0 aliphatic carbocycles. The molecule has 0 unspecified atom stereocenters. The molecule has 0 atom stereocenters. The van der Waals surface area contributed by atoms with Crippen molar-refractivity contribution in [3.63, 3.8) is 0 Å². The molecule has 6 heteroatoms. The highest BCUT2D eigenvalue weighted by atomic mass is 14.8. The molecule has 0 N–H and O–H groups in total. The standard InChI is InChI=1S/C28H10N6/c29-11-23-19-9-18-17-7-15-3-1-2-4-16(15)8-21(17)27-28(34-6-5-33-27)22(18)10-20(19)24(12-30)26(14-32)25(23)13-31/h1-10H. The zero-order chi connectivity index (χ0) is 23.4. The van der Waals surface area contributed by atoms with Crippen LogP contribution in [0.4, 0.5) is 0 Å². The van der Waals surface area contributed by atoms with Gasteiger partial charge in [-0.25, -0.2) is 0 Å². The quantitative estimate of drug-likeness (QED) is 0.224. The molecule has 5 aromatic carbocycles. The van der Waals surface area contributed by atoms with E-state index in [-0.39, 0.29) is 22.3 Å². The summed E-state index contributed by atoms with van der Waals surface area (Å²) in [6, 6.07) is 23.9. The summed E-state index contributed by atoms with van der Waals surface area (Å²) in [5, 5.41) is 45.6. The summed E-state index contributed by atoms with van der Waals surface area (Å²) in [7, 11) is 0. The largest absolute Gasteiger partial charge is 0.252 e. The predicted molar refractivity (Wildman–Crippen MR) is 128 cm³/mol. The Morgan fingerprint density at radius 2 is 0.882 bits per heavy atom. The number of aromatic nitrogens is 2. The Hall–Kier alpha value is -5.56. The van der Waals surface area contributed by atoms with Gasteiger partial charge in [-0.15, -0.1) is 0 Å². The number of benzene rings is 5. The first-order chi connectivity index (χ1) is 16.7. The van der Waals surface area contributed by atoms with E-state index in [9.17, 15) is 21.0 Å². The van der Waals surface area contributed by atoms with Gasteiger partial charge in [0.1, 0.15) is 24.3 Å². The monoisotopic (exact) mass is 430 g/mol. The van der Waals surface area contributed by atoms with Gasteiger partial charge in [0.2, 0.25) is 0 Å². The summed E-state index contributed by atoms with van der Waals surface area (Å²) in [6.07, 6.45) is 3.26. The van der Waals surface area contributed by atoms with E-state index in [1.54, 1.807) is 18.5 Å². The normalized spacial score (nSPS) is 10.8. The van der Waals surface area contributed by atoms with Gasteiger partial charge in [-0.2, -0.15) is 21.0 Å². The summed E-state index contributed by atoms with van der Waals surface area (Å²) in [5.41, 5.74) is 1.38. The van der Waals surface area contributed by atoms with Gasteiger partial charge in [0, 0.05) is 33.9 Å². The fraction of sp³-hybridized carbons (Fsp3) is 0. The third-order valence-electron chi connectivity index (χ3n) is 6.28. The van der Waals surface area contributed by atoms with E-state index >= 15 is 0 Å². The van der Waals surface area contributed by atoms with Crippen molar-refractivity contribution in [2.45, 2.75) is 0 Å². The molecular weight excluding hydrogens is 420 g/mol. The Balaban J connectivity index is 1.97. The Kier molecular flexibility index (Phi) is 3.93. The molecule has 6 nitrogen and oxygen atoms in total. The maximum absolute atomic E-state index is 9.91. The molecule has 0 amide bonds. The van der Waals surface area contributed by atoms with Crippen LogP contribution < -0.4 is 0 Å². The lowest BCUT2D eigenvalue weighted by Crippen LogP contribution is -1.98. The number of nitrogens with zero attached hydrogens (tertiary/aromatic N) is 6. The minimum atomic E-state index is -0.0874. The summed E-state index contributed by atoms with van der Waals surface area (Å²) >= 11 is 0. The fourth-order valence-electron chi connectivity index (χ4n) is 4.80. The summed E-state index contributed by atoms with van der Waals surface area (Å²) in [5.74, 6) is 0. The van der Waals surface area contributed by atoms with Crippen molar-refractivity contribution in [2.24, 2.45) is 0 Å². The first-order valence-corrected chi connectivity index (χ1v) is 10.3. The molecule has 0 saturated heterocycles. The van der Waals surface area contributed by atoms with Crippen LogP contribution in [0, 0.1) is 45.3 Å². The van der Waals surface area contributed by atoms with Gasteiger partial charge in [-0.05, 0) is 45.8 Å². The molecule has 6 rings (SSSR count). The van der Waals surface area contributed by atoms with Gasteiger partial charge in [-0.1, -0.05) is 24.3 Å². The molecule has 34 heavy (non-hydrogen) atoms. The van der Waals surface area contributed by atoms with E-state index in [0.717, 1.165) is 37.8 Å². The Bertz CT molecular complexity index is 2060. The average Bonchev–Trinajstić information content (AvgIpc) is 2.89. The van der Waals surface area contributed by atoms with Crippen LogP contribution in [0.5, 0.6) is 0 Å². The van der Waals surface area contributed by atoms with Gasteiger partial charge in [0.05, 0.1) is 33.3 Å². The molecule has 152 valence electrons. The molecule has 6 aromatic rings. The van der Waals surface area contributed by atoms with Crippen LogP contribution in [0.15, 0.2) is 60.9 Å². The molecule has 0 saturated carbocycles. The zero-order valence-corrected chi connectivity index (χ0v) is 17.5. The molecule has 1 heterocycles. The average molecular weight is 430 g/mol. The number of rotatable bonds is 0. The lowest BCUT2D eigenvalue weighted by molar-refractivity contribution is 1.31. The van der Waals surface area contributed by atoms with E-state index in [2.05, 4.69) is 34.2 Å². The third-order valence-corrected chi connectivity index (χ3v) is 6.28. The maximum atomic E-state index is 9.91. The van der Waals surface area contributed by atoms with Crippen LogP contribution in [-0.4, -0.2) is 9.97 Å². The molecule has 0 aliphatic rings. The topological polar surface area (TPSA) is 121 Å². The van der Waals surface area contributed by atoms with Crippen LogP contribution in [0.2, 0.25) is 0 Å². The first-order valence-electron chi connectivity index (χ1n) is 10.3. The summed E-state index contributed by atoms with van der Waals surface area (Å²) < 4.78 is 0. The highest BCUT2D eigenvalue weighted by molar-refractivity contribution is 6.27. The molecule has 1 aromatic heterocycles. The molecule has 0 aliphatic heterocycles. The van der Waals surface area contributed by atoms with Gasteiger partial charge >= 0.3 is 0 Å². The van der Waals surface area contributed by atoms with E-state index in [0.29, 0.717) is 16.3 Å². The van der Waals surface area contributed by atoms with Crippen molar-refractivity contribution < 1.29 is 0 Å². The van der Waals surface area contributed by atoms with Crippen LogP contribution >= 0.6 is 0 Å². The Labute approximate surface area is 192 Å². The smallest absolute Gasteiger partial charge is 0.102 e. The lowest BCUT2D eigenvalue weighted by Gasteiger charge is -2.14. The van der Waals surface area contributed by atoms with Crippen molar-refractivity contribution in [2.75, 3.05) is 0 Å². The SMILES string of the molecule is N#Cc1c(C#N)c(C#N)c2cc3c(cc2c1C#N)c1cc2ccccc2cc1c1nccnc31. The highest BCUT2D eigenvalue weighted by Crippen LogP contribution is 2.40. The van der Waals surface area contributed by atoms with E-state index in [1.807, 2.05) is 42.5 Å². The van der Waals surface area contributed by atoms with Crippen molar-refractivity contribution in [3.05, 3.63) is 83.2 Å². The number of fused-ring (bicyclic) bond motifs is 8. The predicted octanol–water partition coefficient (Wildman–Crippen LogP) is 5.73. The lowest BCUT2D eigenvalue weighted by atomic mass is 9.87. The van der Waals surface area contributed by atoms with E-state index in [1.165, 1.54) is 0 Å². The minimum absolute atomic E-state index is 0.0746. The van der Waals surface area contributed by atoms with Crippen LogP contribution in [0.25, 0.3) is 54.1 Å². The number of hydrogen-bond acceptors (Lipinski definition) is 6. The highest BCUT2D eigenvalue weighted by Gasteiger charge is 2.22. The maximum Gasteiger partial charge on any atom is 0.102 e. The third kappa shape index (κ3) is 2.40. The van der Waals surface area contributed by atoms with E-state index in [4.69, 9.17) is 0 Å². The number of hydrogen-bond donors (Lipinski definition) is 0. The van der Waals surface area contributed by atoms with Crippen molar-refractivity contribution >= 4 is 54.1 Å². The van der Waals surface area contributed by atoms with Crippen molar-refractivity contribution in [1.82, 2.24) is 9.97 Å². The van der Waals surface area contributed by atoms with Gasteiger partial charge in [0.15, 0.2) is 0 Å². The molecule has 0 radical (unpaired) electrons. The van der Waals surface area contributed by atoms with Gasteiger partial charge in [0.25, 0.3) is 0 Å². The molecule has 0 fully saturated rings. The number of nitriles is 4. The second-order valence-electron chi connectivity index (χ2n) is 7.89. The van der Waals surface area contributed by atoms with Crippen molar-refractivity contribution in [1.29, 1.82) is 21.0 Å². The second kappa shape index (κ2) is 6.98. The molecule has 0 spiro atoms. The fourth-order valence-corrected chi connectivity index (χ4v) is 4.80. The van der Waals surface area contributed by atoms with E-state index < -0.39 is 0 Å². The summed E-state index contributed by atoms with van der Waals surface area (Å²) in [6.45, 7) is 0. The first kappa shape index (κ1) is 19.1. The van der Waals surface area contributed by atoms with Crippen LogP contribution in [-0.2, 0) is 0 Å².